The van der Waals surface area contributed by atoms with Crippen LogP contribution in [-0.2, 0) is 6.54 Å². The van der Waals surface area contributed by atoms with E-state index in [1.54, 1.807) is 11.8 Å². The zero-order valence-corrected chi connectivity index (χ0v) is 14.4. The van der Waals surface area contributed by atoms with Gasteiger partial charge in [0.15, 0.2) is 0 Å². The molecule has 2 aromatic rings. The largest absolute Gasteiger partial charge is 0.544 e. The third kappa shape index (κ3) is 3.79. The van der Waals surface area contributed by atoms with Gasteiger partial charge in [0.05, 0.1) is 29.6 Å². The maximum atomic E-state index is 11.1. The predicted molar refractivity (Wildman–Crippen MR) is 89.4 cm³/mol. The molecule has 1 N–H and O–H groups in total. The van der Waals surface area contributed by atoms with E-state index in [4.69, 9.17) is 0 Å². The second-order valence-corrected chi connectivity index (χ2v) is 7.53. The van der Waals surface area contributed by atoms with E-state index in [-0.39, 0.29) is 4.88 Å². The quantitative estimate of drug-likeness (QED) is 0.919. The van der Waals surface area contributed by atoms with Crippen LogP contribution >= 0.6 is 11.3 Å². The van der Waals surface area contributed by atoms with Crippen molar-refractivity contribution in [3.8, 4) is 10.6 Å². The summed E-state index contributed by atoms with van der Waals surface area (Å²) in [6, 6.07) is 8.32. The van der Waals surface area contributed by atoms with E-state index < -0.39 is 5.97 Å². The van der Waals surface area contributed by atoms with Gasteiger partial charge in [0.1, 0.15) is 11.6 Å². The molecule has 1 fully saturated rings. The highest BCUT2D eigenvalue weighted by molar-refractivity contribution is 7.17. The van der Waals surface area contributed by atoms with Gasteiger partial charge in [-0.3, -0.25) is 0 Å². The molecule has 4 nitrogen and oxygen atoms in total. The van der Waals surface area contributed by atoms with Crippen LogP contribution in [0.3, 0.4) is 0 Å². The van der Waals surface area contributed by atoms with E-state index in [0.717, 1.165) is 23.0 Å². The van der Waals surface area contributed by atoms with Gasteiger partial charge in [0.25, 0.3) is 0 Å². The molecule has 5 heteroatoms. The second-order valence-electron chi connectivity index (χ2n) is 6.53. The van der Waals surface area contributed by atoms with E-state index in [0.29, 0.717) is 5.69 Å². The number of nitrogens with zero attached hydrogens (tertiary/aromatic N) is 1. The lowest BCUT2D eigenvalue weighted by Gasteiger charge is -2.27. The molecule has 0 saturated carbocycles. The van der Waals surface area contributed by atoms with Crippen molar-refractivity contribution in [1.29, 1.82) is 0 Å². The Balaban J connectivity index is 1.77. The van der Waals surface area contributed by atoms with Gasteiger partial charge < -0.3 is 14.8 Å². The Morgan fingerprint density at radius 1 is 1.39 bits per heavy atom. The van der Waals surface area contributed by atoms with Crippen LogP contribution in [0.5, 0.6) is 0 Å². The van der Waals surface area contributed by atoms with Crippen LogP contribution in [0, 0.1) is 12.8 Å². The second kappa shape index (κ2) is 6.81. The number of rotatable bonds is 4. The minimum absolute atomic E-state index is 0.223. The number of carboxylic acids is 1. The van der Waals surface area contributed by atoms with Gasteiger partial charge in [0, 0.05) is 11.1 Å². The number of aromatic carboxylic acids is 1. The number of benzene rings is 1. The summed E-state index contributed by atoms with van der Waals surface area (Å²) in [5.74, 6) is -0.291. The summed E-state index contributed by atoms with van der Waals surface area (Å²) in [6.07, 6.45) is 2.60. The first kappa shape index (κ1) is 16.1. The lowest BCUT2D eigenvalue weighted by Crippen LogP contribution is -3.11. The molecule has 1 aromatic heterocycles. The van der Waals surface area contributed by atoms with Gasteiger partial charge in [-0.1, -0.05) is 25.1 Å². The Morgan fingerprint density at radius 2 is 2.13 bits per heavy atom. The molecule has 0 bridgehead atoms. The van der Waals surface area contributed by atoms with Gasteiger partial charge in [-0.15, -0.1) is 11.3 Å². The zero-order valence-electron chi connectivity index (χ0n) is 13.6. The fourth-order valence-electron chi connectivity index (χ4n) is 3.16. The third-order valence-electron chi connectivity index (χ3n) is 4.59. The average Bonchev–Trinajstić information content (AvgIpc) is 2.92. The van der Waals surface area contributed by atoms with Gasteiger partial charge in [-0.25, -0.2) is 4.98 Å². The molecular formula is C18H22N2O2S. The standard InChI is InChI=1S/C18H22N2O2S/c1-12-6-8-20(9-7-12)11-14-4-3-5-15(10-14)17-19-13(2)16(23-17)18(21)22/h3-5,10,12H,6-9,11H2,1-2H3,(H,21,22). The maximum Gasteiger partial charge on any atom is 0.124 e. The van der Waals surface area contributed by atoms with Crippen molar-refractivity contribution in [2.45, 2.75) is 33.2 Å². The van der Waals surface area contributed by atoms with Crippen molar-refractivity contribution in [1.82, 2.24) is 4.98 Å². The zero-order chi connectivity index (χ0) is 16.4. The number of aromatic nitrogens is 1. The first-order chi connectivity index (χ1) is 11.0. The minimum atomic E-state index is -1.14. The van der Waals surface area contributed by atoms with E-state index in [1.165, 1.54) is 42.8 Å². The van der Waals surface area contributed by atoms with Crippen molar-refractivity contribution in [2.24, 2.45) is 5.92 Å². The van der Waals surface area contributed by atoms with Crippen molar-refractivity contribution < 1.29 is 14.8 Å². The number of hydrogen-bond acceptors (Lipinski definition) is 4. The molecule has 1 aromatic carbocycles. The molecule has 0 radical (unpaired) electrons. The van der Waals surface area contributed by atoms with Crippen molar-refractivity contribution in [2.75, 3.05) is 13.1 Å². The normalized spacial score (nSPS) is 21.3. The van der Waals surface area contributed by atoms with Crippen LogP contribution < -0.4 is 10.0 Å². The molecule has 0 spiro atoms. The summed E-state index contributed by atoms with van der Waals surface area (Å²) >= 11 is 1.20. The number of carbonyl (C=O) groups excluding carboxylic acids is 1. The number of quaternary nitrogens is 1. The summed E-state index contributed by atoms with van der Waals surface area (Å²) in [4.78, 5) is 17.3. The fourth-order valence-corrected chi connectivity index (χ4v) is 4.06. The first-order valence-electron chi connectivity index (χ1n) is 8.14. The van der Waals surface area contributed by atoms with Gasteiger partial charge >= 0.3 is 0 Å². The smallest absolute Gasteiger partial charge is 0.124 e. The van der Waals surface area contributed by atoms with Gasteiger partial charge in [-0.05, 0) is 31.7 Å². The average molecular weight is 330 g/mol. The van der Waals surface area contributed by atoms with E-state index in [1.807, 2.05) is 12.1 Å². The summed E-state index contributed by atoms with van der Waals surface area (Å²) in [5, 5.41) is 11.8. The van der Waals surface area contributed by atoms with Crippen LogP contribution in [0.1, 0.15) is 40.7 Å². The SMILES string of the molecule is Cc1nc(-c2cccc(C[NH+]3CCC(C)CC3)c2)sc1C(=O)[O-]. The molecule has 2 heterocycles. The van der Waals surface area contributed by atoms with E-state index in [9.17, 15) is 9.90 Å². The van der Waals surface area contributed by atoms with Crippen LogP contribution in [0.15, 0.2) is 24.3 Å². The van der Waals surface area contributed by atoms with Crippen LogP contribution in [0.25, 0.3) is 10.6 Å². The lowest BCUT2D eigenvalue weighted by atomic mass is 9.98. The Kier molecular flexibility index (Phi) is 4.78. The Bertz CT molecular complexity index is 703. The minimum Gasteiger partial charge on any atom is -0.544 e. The molecule has 3 rings (SSSR count). The summed E-state index contributed by atoms with van der Waals surface area (Å²) in [5.41, 5.74) is 2.81. The van der Waals surface area contributed by atoms with Crippen molar-refractivity contribution in [3.63, 3.8) is 0 Å². The molecule has 0 atom stereocenters. The molecular weight excluding hydrogens is 308 g/mol. The summed E-state index contributed by atoms with van der Waals surface area (Å²) in [7, 11) is 0. The highest BCUT2D eigenvalue weighted by atomic mass is 32.1. The van der Waals surface area contributed by atoms with Gasteiger partial charge in [-0.2, -0.15) is 0 Å². The Morgan fingerprint density at radius 3 is 2.78 bits per heavy atom. The number of nitrogens with one attached hydrogen (secondary N) is 1. The number of carbonyl (C=O) groups is 1. The molecule has 0 aliphatic carbocycles. The van der Waals surface area contributed by atoms with Crippen LogP contribution in [0.4, 0.5) is 0 Å². The topological polar surface area (TPSA) is 57.5 Å². The Hall–Kier alpha value is -1.72. The molecule has 0 amide bonds. The highest BCUT2D eigenvalue weighted by Gasteiger charge is 2.19. The molecule has 0 unspecified atom stereocenters. The fraction of sp³-hybridized carbons (Fsp3) is 0.444. The number of hydrogen-bond donors (Lipinski definition) is 1. The van der Waals surface area contributed by atoms with Crippen LogP contribution in [-0.4, -0.2) is 24.0 Å². The molecule has 1 aliphatic rings. The van der Waals surface area contributed by atoms with Crippen molar-refractivity contribution >= 4 is 17.3 Å². The number of likely N-dealkylation sites (tertiary alicyclic amines) is 1. The van der Waals surface area contributed by atoms with Crippen LogP contribution in [0.2, 0.25) is 0 Å². The number of carboxylic acid groups (broad SMARTS) is 1. The maximum absolute atomic E-state index is 11.1. The number of piperidine rings is 1. The molecule has 1 saturated heterocycles. The molecule has 1 aliphatic heterocycles. The molecule has 122 valence electrons. The van der Waals surface area contributed by atoms with Crippen molar-refractivity contribution in [3.05, 3.63) is 40.4 Å². The monoisotopic (exact) mass is 330 g/mol. The third-order valence-corrected chi connectivity index (χ3v) is 5.78. The highest BCUT2D eigenvalue weighted by Crippen LogP contribution is 2.28. The van der Waals surface area contributed by atoms with Gasteiger partial charge in [0.2, 0.25) is 0 Å². The predicted octanol–water partition coefficient (Wildman–Crippen LogP) is 1.30. The number of thiazole rings is 1. The summed E-state index contributed by atoms with van der Waals surface area (Å²) in [6.45, 7) is 7.54. The van der Waals surface area contributed by atoms with E-state index >= 15 is 0 Å². The lowest BCUT2D eigenvalue weighted by molar-refractivity contribution is -0.919. The number of aryl methyl sites for hydroxylation is 1. The van der Waals surface area contributed by atoms with E-state index in [2.05, 4.69) is 24.0 Å². The first-order valence-corrected chi connectivity index (χ1v) is 8.96. The summed E-state index contributed by atoms with van der Waals surface area (Å²) < 4.78 is 0. The molecule has 23 heavy (non-hydrogen) atoms. The Labute approximate surface area is 140 Å².